The van der Waals surface area contributed by atoms with Crippen LogP contribution in [-0.4, -0.2) is 47.5 Å². The van der Waals surface area contributed by atoms with Crippen molar-refractivity contribution in [3.63, 3.8) is 0 Å². The number of carbonyl (C=O) groups excluding carboxylic acids is 3. The fourth-order valence-electron chi connectivity index (χ4n) is 3.56. The van der Waals surface area contributed by atoms with Crippen molar-refractivity contribution < 1.29 is 23.2 Å². The fourth-order valence-corrected chi connectivity index (χ4v) is 4.75. The zero-order chi connectivity index (χ0) is 21.3. The maximum absolute atomic E-state index is 13.4. The van der Waals surface area contributed by atoms with Crippen LogP contribution in [0.4, 0.5) is 20.2 Å². The number of likely N-dealkylation sites (tertiary alicyclic amines) is 1. The molecule has 0 spiro atoms. The van der Waals surface area contributed by atoms with Crippen molar-refractivity contribution in [2.75, 3.05) is 29.9 Å². The van der Waals surface area contributed by atoms with Gasteiger partial charge < -0.3 is 15.1 Å². The lowest BCUT2D eigenvalue weighted by Crippen LogP contribution is -2.51. The summed E-state index contributed by atoms with van der Waals surface area (Å²) in [5.41, 5.74) is 0.620. The van der Waals surface area contributed by atoms with Crippen LogP contribution in [-0.2, 0) is 14.4 Å². The van der Waals surface area contributed by atoms with Crippen molar-refractivity contribution in [3.05, 3.63) is 54.1 Å². The van der Waals surface area contributed by atoms with Crippen LogP contribution < -0.4 is 10.2 Å². The molecule has 0 bridgehead atoms. The Labute approximate surface area is 176 Å². The van der Waals surface area contributed by atoms with Gasteiger partial charge in [-0.05, 0) is 37.1 Å². The number of hydrogen-bond donors (Lipinski definition) is 1. The highest BCUT2D eigenvalue weighted by atomic mass is 32.2. The number of rotatable bonds is 4. The van der Waals surface area contributed by atoms with E-state index >= 15 is 0 Å². The SMILES string of the molecule is O=C(CN1C(=O)[C@@H](C(=O)N2CCCC2)Sc2ccccc21)Nc1ccc(F)c(F)c1. The lowest BCUT2D eigenvalue weighted by Gasteiger charge is -2.34. The van der Waals surface area contributed by atoms with Crippen LogP contribution in [0.2, 0.25) is 0 Å². The Morgan fingerprint density at radius 3 is 2.53 bits per heavy atom. The molecule has 0 radical (unpaired) electrons. The van der Waals surface area contributed by atoms with Gasteiger partial charge in [0.05, 0.1) is 5.69 Å². The summed E-state index contributed by atoms with van der Waals surface area (Å²) in [4.78, 5) is 42.3. The van der Waals surface area contributed by atoms with Crippen molar-refractivity contribution in [1.82, 2.24) is 4.90 Å². The Morgan fingerprint density at radius 2 is 1.80 bits per heavy atom. The summed E-state index contributed by atoms with van der Waals surface area (Å²) in [7, 11) is 0. The van der Waals surface area contributed by atoms with Crippen LogP contribution in [0.5, 0.6) is 0 Å². The van der Waals surface area contributed by atoms with E-state index in [9.17, 15) is 23.2 Å². The molecule has 0 unspecified atom stereocenters. The van der Waals surface area contributed by atoms with Gasteiger partial charge in [-0.3, -0.25) is 14.4 Å². The second-order valence-corrected chi connectivity index (χ2v) is 8.25. The van der Waals surface area contributed by atoms with Gasteiger partial charge in [-0.1, -0.05) is 12.1 Å². The minimum Gasteiger partial charge on any atom is -0.341 e. The van der Waals surface area contributed by atoms with Crippen LogP contribution in [0, 0.1) is 11.6 Å². The normalized spacial score (nSPS) is 18.3. The largest absolute Gasteiger partial charge is 0.341 e. The van der Waals surface area contributed by atoms with Crippen molar-refractivity contribution in [2.24, 2.45) is 0 Å². The average molecular weight is 431 g/mol. The van der Waals surface area contributed by atoms with Gasteiger partial charge >= 0.3 is 0 Å². The summed E-state index contributed by atoms with van der Waals surface area (Å²) >= 11 is 1.19. The molecular weight excluding hydrogens is 412 g/mol. The first-order valence-electron chi connectivity index (χ1n) is 9.55. The van der Waals surface area contributed by atoms with Crippen LogP contribution in [0.3, 0.4) is 0 Å². The van der Waals surface area contributed by atoms with E-state index in [1.165, 1.54) is 22.7 Å². The molecule has 0 saturated carbocycles. The Hall–Kier alpha value is -2.94. The first-order chi connectivity index (χ1) is 14.4. The Bertz CT molecular complexity index is 1010. The predicted molar refractivity (Wildman–Crippen MR) is 109 cm³/mol. The molecule has 1 fully saturated rings. The van der Waals surface area contributed by atoms with Gasteiger partial charge in [0.15, 0.2) is 16.9 Å². The summed E-state index contributed by atoms with van der Waals surface area (Å²) in [6.45, 7) is 0.905. The summed E-state index contributed by atoms with van der Waals surface area (Å²) in [5, 5.41) is 1.52. The third kappa shape index (κ3) is 4.02. The fraction of sp³-hybridized carbons (Fsp3) is 0.286. The number of nitrogens with zero attached hydrogens (tertiary/aromatic N) is 2. The highest BCUT2D eigenvalue weighted by molar-refractivity contribution is 8.01. The van der Waals surface area contributed by atoms with Gasteiger partial charge in [-0.2, -0.15) is 0 Å². The lowest BCUT2D eigenvalue weighted by atomic mass is 10.2. The van der Waals surface area contributed by atoms with Crippen molar-refractivity contribution in [3.8, 4) is 0 Å². The second kappa shape index (κ2) is 8.43. The Balaban J connectivity index is 1.55. The van der Waals surface area contributed by atoms with E-state index < -0.39 is 28.7 Å². The molecule has 3 amide bonds. The molecule has 1 saturated heterocycles. The van der Waals surface area contributed by atoms with Crippen molar-refractivity contribution in [2.45, 2.75) is 23.0 Å². The molecule has 0 aromatic heterocycles. The summed E-state index contributed by atoms with van der Waals surface area (Å²) in [6.07, 6.45) is 1.82. The third-order valence-electron chi connectivity index (χ3n) is 5.04. The summed E-state index contributed by atoms with van der Waals surface area (Å²) in [5.74, 6) is -3.39. The second-order valence-electron chi connectivity index (χ2n) is 7.10. The molecule has 4 rings (SSSR count). The monoisotopic (exact) mass is 431 g/mol. The number of thioether (sulfide) groups is 1. The van der Waals surface area contributed by atoms with Crippen molar-refractivity contribution in [1.29, 1.82) is 0 Å². The molecule has 0 aliphatic carbocycles. The van der Waals surface area contributed by atoms with E-state index in [2.05, 4.69) is 5.32 Å². The molecular formula is C21H19F2N3O3S. The summed E-state index contributed by atoms with van der Waals surface area (Å²) < 4.78 is 26.5. The predicted octanol–water partition coefficient (Wildman–Crippen LogP) is 3.03. The molecule has 2 aliphatic rings. The quantitative estimate of drug-likeness (QED) is 0.756. The number of halogens is 2. The van der Waals surface area contributed by atoms with Gasteiger partial charge in [-0.15, -0.1) is 11.8 Å². The highest BCUT2D eigenvalue weighted by Crippen LogP contribution is 2.40. The topological polar surface area (TPSA) is 69.7 Å². The van der Waals surface area contributed by atoms with E-state index in [0.29, 0.717) is 18.8 Å². The lowest BCUT2D eigenvalue weighted by molar-refractivity contribution is -0.134. The molecule has 1 N–H and O–H groups in total. The van der Waals surface area contributed by atoms with Gasteiger partial charge in [0, 0.05) is 29.7 Å². The number of para-hydroxylation sites is 1. The zero-order valence-corrected chi connectivity index (χ0v) is 16.8. The number of amides is 3. The van der Waals surface area contributed by atoms with Gasteiger partial charge in [0.2, 0.25) is 11.8 Å². The number of fused-ring (bicyclic) bond motifs is 1. The number of hydrogen-bond acceptors (Lipinski definition) is 4. The first kappa shape index (κ1) is 20.3. The third-order valence-corrected chi connectivity index (χ3v) is 6.28. The van der Waals surface area contributed by atoms with E-state index in [1.54, 1.807) is 29.2 Å². The molecule has 1 atom stereocenters. The molecule has 156 valence electrons. The zero-order valence-electron chi connectivity index (χ0n) is 15.9. The van der Waals surface area contributed by atoms with Gasteiger partial charge in [-0.25, -0.2) is 8.78 Å². The minimum absolute atomic E-state index is 0.0794. The average Bonchev–Trinajstić information content (AvgIpc) is 3.27. The van der Waals surface area contributed by atoms with Crippen LogP contribution in [0.1, 0.15) is 12.8 Å². The van der Waals surface area contributed by atoms with E-state index in [1.807, 2.05) is 0 Å². The van der Waals surface area contributed by atoms with Crippen molar-refractivity contribution >= 4 is 40.9 Å². The molecule has 30 heavy (non-hydrogen) atoms. The number of nitrogens with one attached hydrogen (secondary N) is 1. The smallest absolute Gasteiger partial charge is 0.250 e. The highest BCUT2D eigenvalue weighted by Gasteiger charge is 2.41. The standard InChI is InChI=1S/C21H19F2N3O3S/c22-14-8-7-13(11-15(14)23)24-18(27)12-26-16-5-1-2-6-17(16)30-19(21(26)29)20(28)25-9-3-4-10-25/h1-2,5-8,11,19H,3-4,9-10,12H2,(H,24,27)/t19-/m1/s1. The molecule has 2 aromatic carbocycles. The first-order valence-corrected chi connectivity index (χ1v) is 10.4. The molecule has 9 heteroatoms. The number of benzene rings is 2. The molecule has 2 aliphatic heterocycles. The number of carbonyl (C=O) groups is 3. The van der Waals surface area contributed by atoms with Gasteiger partial charge in [0.25, 0.3) is 5.91 Å². The molecule has 6 nitrogen and oxygen atoms in total. The van der Waals surface area contributed by atoms with E-state index in [0.717, 1.165) is 29.9 Å². The summed E-state index contributed by atoms with van der Waals surface area (Å²) in [6, 6.07) is 10.1. The van der Waals surface area contributed by atoms with Crippen LogP contribution in [0.25, 0.3) is 0 Å². The maximum Gasteiger partial charge on any atom is 0.250 e. The van der Waals surface area contributed by atoms with E-state index in [4.69, 9.17) is 0 Å². The van der Waals surface area contributed by atoms with Crippen LogP contribution >= 0.6 is 11.8 Å². The molecule has 2 heterocycles. The maximum atomic E-state index is 13.4. The Morgan fingerprint density at radius 1 is 1.07 bits per heavy atom. The van der Waals surface area contributed by atoms with Gasteiger partial charge in [0.1, 0.15) is 6.54 Å². The molecule has 2 aromatic rings. The minimum atomic E-state index is -1.08. The van der Waals surface area contributed by atoms with E-state index in [-0.39, 0.29) is 18.1 Å². The van der Waals surface area contributed by atoms with Crippen LogP contribution in [0.15, 0.2) is 47.4 Å². The number of anilines is 2. The Kier molecular flexibility index (Phi) is 5.72.